The lowest BCUT2D eigenvalue weighted by Gasteiger charge is -2.22. The standard InChI is InChI=1S/C14H15F3N2O3/c15-14(16,17)22-12-7-3-10(4-8-12)19-13(21)18-9-1-5-11(20)6-2-9/h3-4,7-9H,1-2,5-6H2,(H2,18,19,21). The molecule has 5 nitrogen and oxygen atoms in total. The molecule has 0 atom stereocenters. The summed E-state index contributed by atoms with van der Waals surface area (Å²) in [5.74, 6) is -0.164. The lowest BCUT2D eigenvalue weighted by Crippen LogP contribution is -2.40. The molecule has 0 aromatic heterocycles. The summed E-state index contributed by atoms with van der Waals surface area (Å²) in [6, 6.07) is 4.33. The number of amides is 2. The van der Waals surface area contributed by atoms with Gasteiger partial charge in [-0.2, -0.15) is 0 Å². The van der Waals surface area contributed by atoms with Crippen molar-refractivity contribution in [1.29, 1.82) is 0 Å². The van der Waals surface area contributed by atoms with Crippen molar-refractivity contribution in [1.82, 2.24) is 5.32 Å². The Kier molecular flexibility index (Phi) is 4.89. The van der Waals surface area contributed by atoms with Crippen LogP contribution in [0.15, 0.2) is 24.3 Å². The molecule has 1 aliphatic carbocycles. The van der Waals surface area contributed by atoms with Gasteiger partial charge in [-0.3, -0.25) is 4.79 Å². The molecule has 0 aliphatic heterocycles. The molecular formula is C14H15F3N2O3. The number of ketones is 1. The van der Waals surface area contributed by atoms with E-state index in [-0.39, 0.29) is 17.6 Å². The molecule has 0 unspecified atom stereocenters. The number of anilines is 1. The predicted octanol–water partition coefficient (Wildman–Crippen LogP) is 3.22. The van der Waals surface area contributed by atoms with Crippen LogP contribution in [0.2, 0.25) is 0 Å². The molecule has 0 radical (unpaired) electrons. The van der Waals surface area contributed by atoms with Gasteiger partial charge in [0.25, 0.3) is 0 Å². The SMILES string of the molecule is O=C1CCC(NC(=O)Nc2ccc(OC(F)(F)F)cc2)CC1. The number of ether oxygens (including phenoxy) is 1. The van der Waals surface area contributed by atoms with Gasteiger partial charge in [0.15, 0.2) is 0 Å². The van der Waals surface area contributed by atoms with Crippen LogP contribution in [0.1, 0.15) is 25.7 Å². The average molecular weight is 316 g/mol. The number of halogens is 3. The topological polar surface area (TPSA) is 67.4 Å². The molecule has 22 heavy (non-hydrogen) atoms. The van der Waals surface area contributed by atoms with Crippen molar-refractivity contribution in [3.05, 3.63) is 24.3 Å². The first-order chi connectivity index (χ1) is 10.3. The number of hydrogen-bond acceptors (Lipinski definition) is 3. The van der Waals surface area contributed by atoms with Crippen molar-refractivity contribution in [3.8, 4) is 5.75 Å². The zero-order valence-corrected chi connectivity index (χ0v) is 11.6. The summed E-state index contributed by atoms with van der Waals surface area (Å²) in [6.45, 7) is 0. The van der Waals surface area contributed by atoms with E-state index in [1.165, 1.54) is 12.1 Å². The van der Waals surface area contributed by atoms with Crippen LogP contribution < -0.4 is 15.4 Å². The first-order valence-electron chi connectivity index (χ1n) is 6.77. The number of carbonyl (C=O) groups is 2. The van der Waals surface area contributed by atoms with Gasteiger partial charge in [0.1, 0.15) is 11.5 Å². The van der Waals surface area contributed by atoms with Crippen LogP contribution in [0.5, 0.6) is 5.75 Å². The summed E-state index contributed by atoms with van der Waals surface area (Å²) >= 11 is 0. The second-order valence-electron chi connectivity index (χ2n) is 4.98. The molecule has 1 saturated carbocycles. The fourth-order valence-electron chi connectivity index (χ4n) is 2.18. The highest BCUT2D eigenvalue weighted by Crippen LogP contribution is 2.24. The van der Waals surface area contributed by atoms with Crippen LogP contribution in [0.25, 0.3) is 0 Å². The van der Waals surface area contributed by atoms with Crippen molar-refractivity contribution < 1.29 is 27.5 Å². The molecule has 0 saturated heterocycles. The van der Waals surface area contributed by atoms with E-state index < -0.39 is 12.4 Å². The lowest BCUT2D eigenvalue weighted by molar-refractivity contribution is -0.274. The minimum atomic E-state index is -4.75. The Morgan fingerprint density at radius 3 is 2.27 bits per heavy atom. The van der Waals surface area contributed by atoms with Crippen molar-refractivity contribution >= 4 is 17.5 Å². The summed E-state index contributed by atoms with van der Waals surface area (Å²) < 4.78 is 39.8. The lowest BCUT2D eigenvalue weighted by atomic mass is 9.94. The quantitative estimate of drug-likeness (QED) is 0.900. The van der Waals surface area contributed by atoms with Crippen LogP contribution in [0, 0.1) is 0 Å². The van der Waals surface area contributed by atoms with Gasteiger partial charge in [-0.05, 0) is 37.1 Å². The molecule has 0 spiro atoms. The molecule has 8 heteroatoms. The maximum atomic E-state index is 12.0. The van der Waals surface area contributed by atoms with E-state index in [0.717, 1.165) is 12.1 Å². The highest BCUT2D eigenvalue weighted by Gasteiger charge is 2.31. The maximum absolute atomic E-state index is 12.0. The first kappa shape index (κ1) is 16.1. The average Bonchev–Trinajstić information content (AvgIpc) is 2.42. The molecule has 120 valence electrons. The van der Waals surface area contributed by atoms with Crippen LogP contribution in [-0.2, 0) is 4.79 Å². The molecule has 1 fully saturated rings. The number of urea groups is 1. The Morgan fingerprint density at radius 2 is 1.73 bits per heavy atom. The largest absolute Gasteiger partial charge is 0.573 e. The zero-order chi connectivity index (χ0) is 16.2. The third-order valence-electron chi connectivity index (χ3n) is 3.22. The Hall–Kier alpha value is -2.25. The van der Waals surface area contributed by atoms with Gasteiger partial charge < -0.3 is 15.4 Å². The summed E-state index contributed by atoms with van der Waals surface area (Å²) in [6.07, 6.45) is -2.64. The fourth-order valence-corrected chi connectivity index (χ4v) is 2.18. The van der Waals surface area contributed by atoms with Crippen molar-refractivity contribution in [2.24, 2.45) is 0 Å². The molecule has 2 amide bonds. The number of alkyl halides is 3. The van der Waals surface area contributed by atoms with Crippen molar-refractivity contribution in [2.45, 2.75) is 38.1 Å². The molecule has 1 aromatic rings. The second kappa shape index (κ2) is 6.67. The Labute approximate surface area is 124 Å². The number of rotatable bonds is 3. The second-order valence-corrected chi connectivity index (χ2v) is 4.98. The summed E-state index contributed by atoms with van der Waals surface area (Å²) in [4.78, 5) is 22.9. The van der Waals surface area contributed by atoms with E-state index in [1.807, 2.05) is 0 Å². The third kappa shape index (κ3) is 5.27. The van der Waals surface area contributed by atoms with E-state index in [1.54, 1.807) is 0 Å². The van der Waals surface area contributed by atoms with E-state index >= 15 is 0 Å². The van der Waals surface area contributed by atoms with Gasteiger partial charge in [-0.15, -0.1) is 13.2 Å². The van der Waals surface area contributed by atoms with Crippen LogP contribution >= 0.6 is 0 Å². The van der Waals surface area contributed by atoms with E-state index in [4.69, 9.17) is 0 Å². The van der Waals surface area contributed by atoms with Crippen LogP contribution in [0.3, 0.4) is 0 Å². The van der Waals surface area contributed by atoms with Gasteiger partial charge in [-0.1, -0.05) is 0 Å². The number of hydrogen-bond donors (Lipinski definition) is 2. The van der Waals surface area contributed by atoms with E-state index in [9.17, 15) is 22.8 Å². The Balaban J connectivity index is 1.82. The van der Waals surface area contributed by atoms with Gasteiger partial charge in [0.05, 0.1) is 0 Å². The van der Waals surface area contributed by atoms with Gasteiger partial charge in [0, 0.05) is 24.6 Å². The third-order valence-corrected chi connectivity index (χ3v) is 3.22. The predicted molar refractivity (Wildman–Crippen MR) is 72.5 cm³/mol. The summed E-state index contributed by atoms with van der Waals surface area (Å²) in [7, 11) is 0. The number of benzene rings is 1. The van der Waals surface area contributed by atoms with Gasteiger partial charge >= 0.3 is 12.4 Å². The number of Topliss-reactive ketones (excluding diaryl/α,β-unsaturated/α-hetero) is 1. The van der Waals surface area contributed by atoms with E-state index in [0.29, 0.717) is 31.4 Å². The highest BCUT2D eigenvalue weighted by molar-refractivity contribution is 5.89. The van der Waals surface area contributed by atoms with Crippen molar-refractivity contribution in [2.75, 3.05) is 5.32 Å². The highest BCUT2D eigenvalue weighted by atomic mass is 19.4. The smallest absolute Gasteiger partial charge is 0.406 e. The Morgan fingerprint density at radius 1 is 1.14 bits per heavy atom. The maximum Gasteiger partial charge on any atom is 0.573 e. The normalized spacial score (nSPS) is 16.2. The molecule has 1 aromatic carbocycles. The Bertz CT molecular complexity index is 533. The molecule has 2 N–H and O–H groups in total. The minimum absolute atomic E-state index is 0.0643. The molecule has 0 heterocycles. The molecule has 2 rings (SSSR count). The number of carbonyl (C=O) groups excluding carboxylic acids is 2. The van der Waals surface area contributed by atoms with Crippen molar-refractivity contribution in [3.63, 3.8) is 0 Å². The first-order valence-corrected chi connectivity index (χ1v) is 6.77. The summed E-state index contributed by atoms with van der Waals surface area (Å²) in [5.41, 5.74) is 0.346. The zero-order valence-electron chi connectivity index (χ0n) is 11.6. The molecule has 1 aliphatic rings. The monoisotopic (exact) mass is 316 g/mol. The molecule has 0 bridgehead atoms. The fraction of sp³-hybridized carbons (Fsp3) is 0.429. The van der Waals surface area contributed by atoms with Gasteiger partial charge in [0.2, 0.25) is 0 Å². The van der Waals surface area contributed by atoms with E-state index in [2.05, 4.69) is 15.4 Å². The van der Waals surface area contributed by atoms with Gasteiger partial charge in [-0.25, -0.2) is 4.79 Å². The van der Waals surface area contributed by atoms with Crippen LogP contribution in [-0.4, -0.2) is 24.2 Å². The molecular weight excluding hydrogens is 301 g/mol. The minimum Gasteiger partial charge on any atom is -0.406 e. The van der Waals surface area contributed by atoms with Crippen LogP contribution in [0.4, 0.5) is 23.7 Å². The number of nitrogens with one attached hydrogen (secondary N) is 2. The summed E-state index contributed by atoms with van der Waals surface area (Å²) in [5, 5.41) is 5.25.